The number of esters is 1. The predicted molar refractivity (Wildman–Crippen MR) is 227 cm³/mol. The van der Waals surface area contributed by atoms with E-state index in [4.69, 9.17) is 4.74 Å². The molecule has 6 heteroatoms. The van der Waals surface area contributed by atoms with Crippen molar-refractivity contribution in [2.75, 3.05) is 6.61 Å². The molecule has 0 aromatic heterocycles. The molecule has 3 atom stereocenters. The highest BCUT2D eigenvalue weighted by molar-refractivity contribution is 5.77. The van der Waals surface area contributed by atoms with Crippen LogP contribution in [0.25, 0.3) is 0 Å². The Labute approximate surface area is 326 Å². The van der Waals surface area contributed by atoms with E-state index in [1.165, 1.54) is 51.4 Å². The van der Waals surface area contributed by atoms with E-state index < -0.39 is 18.2 Å². The van der Waals surface area contributed by atoms with Crippen molar-refractivity contribution in [3.8, 4) is 0 Å². The van der Waals surface area contributed by atoms with E-state index in [2.05, 4.69) is 86.8 Å². The molecule has 0 bridgehead atoms. The lowest BCUT2D eigenvalue weighted by atomic mass is 10.0. The van der Waals surface area contributed by atoms with Gasteiger partial charge in [0.15, 0.2) is 0 Å². The van der Waals surface area contributed by atoms with E-state index in [0.29, 0.717) is 19.3 Å². The van der Waals surface area contributed by atoms with Gasteiger partial charge in [-0.3, -0.25) is 9.59 Å². The molecule has 0 spiro atoms. The number of amides is 1. The van der Waals surface area contributed by atoms with Gasteiger partial charge >= 0.3 is 5.97 Å². The zero-order chi connectivity index (χ0) is 38.9. The van der Waals surface area contributed by atoms with Crippen LogP contribution in [0.1, 0.15) is 188 Å². The Hall–Kier alpha value is -2.70. The molecule has 0 aliphatic rings. The summed E-state index contributed by atoms with van der Waals surface area (Å²) in [5, 5.41) is 23.5. The number of hydrogen-bond acceptors (Lipinski definition) is 5. The maximum Gasteiger partial charge on any atom is 0.306 e. The number of ether oxygens (including phenoxy) is 1. The van der Waals surface area contributed by atoms with Crippen LogP contribution in [-0.2, 0) is 14.3 Å². The number of hydrogen-bond donors (Lipinski definition) is 3. The first-order valence-electron chi connectivity index (χ1n) is 21.7. The Morgan fingerprint density at radius 1 is 0.585 bits per heavy atom. The first-order chi connectivity index (χ1) is 26.0. The van der Waals surface area contributed by atoms with Crippen LogP contribution in [0.15, 0.2) is 72.9 Å². The number of carbonyl (C=O) groups excluding carboxylic acids is 2. The molecule has 0 saturated carbocycles. The monoisotopic (exact) mass is 740 g/mol. The molecule has 3 unspecified atom stereocenters. The minimum Gasteiger partial charge on any atom is -0.461 e. The molecular formula is C47H81NO5. The van der Waals surface area contributed by atoms with Crippen LogP contribution >= 0.6 is 0 Å². The number of allylic oxidation sites excluding steroid dienone is 11. The minimum atomic E-state index is -0.812. The molecule has 0 saturated heterocycles. The first-order valence-corrected chi connectivity index (χ1v) is 21.7. The molecule has 6 nitrogen and oxygen atoms in total. The van der Waals surface area contributed by atoms with E-state index >= 15 is 0 Å². The van der Waals surface area contributed by atoms with Gasteiger partial charge in [0.05, 0.1) is 25.2 Å². The lowest BCUT2D eigenvalue weighted by Crippen LogP contribution is -2.46. The SMILES string of the molecule is CC/C=C\C/C=C\C/C=C\C/C=C\C/C=C\CC(CC(=O)NC(CO)C(O)CCCCCCCCCCC)OC(=O)CCCCCCC/C=C\CCC. The number of aliphatic hydroxyl groups is 2. The van der Waals surface area contributed by atoms with Gasteiger partial charge in [0.2, 0.25) is 5.91 Å². The van der Waals surface area contributed by atoms with Crippen molar-refractivity contribution >= 4 is 11.9 Å². The maximum atomic E-state index is 13.1. The van der Waals surface area contributed by atoms with Gasteiger partial charge in [-0.1, -0.05) is 177 Å². The van der Waals surface area contributed by atoms with Gasteiger partial charge in [0.1, 0.15) is 6.10 Å². The normalized spacial score (nSPS) is 14.1. The summed E-state index contributed by atoms with van der Waals surface area (Å²) in [7, 11) is 0. The third kappa shape index (κ3) is 36.1. The molecule has 304 valence electrons. The van der Waals surface area contributed by atoms with Crippen molar-refractivity contribution in [1.82, 2.24) is 5.32 Å². The van der Waals surface area contributed by atoms with E-state index in [1.807, 2.05) is 12.2 Å². The molecule has 3 N–H and O–H groups in total. The average molecular weight is 740 g/mol. The van der Waals surface area contributed by atoms with Crippen molar-refractivity contribution in [3.05, 3.63) is 72.9 Å². The van der Waals surface area contributed by atoms with E-state index in [1.54, 1.807) is 0 Å². The van der Waals surface area contributed by atoms with Gasteiger partial charge < -0.3 is 20.3 Å². The molecule has 0 aromatic carbocycles. The van der Waals surface area contributed by atoms with Crippen molar-refractivity contribution in [2.45, 2.75) is 206 Å². The maximum absolute atomic E-state index is 13.1. The molecule has 0 radical (unpaired) electrons. The molecule has 0 aliphatic carbocycles. The summed E-state index contributed by atoms with van der Waals surface area (Å²) in [5.41, 5.74) is 0. The number of nitrogens with one attached hydrogen (secondary N) is 1. The highest BCUT2D eigenvalue weighted by atomic mass is 16.5. The Morgan fingerprint density at radius 2 is 1.09 bits per heavy atom. The highest BCUT2D eigenvalue weighted by Gasteiger charge is 2.23. The summed E-state index contributed by atoms with van der Waals surface area (Å²) in [5.74, 6) is -0.602. The Bertz CT molecular complexity index is 1010. The first kappa shape index (κ1) is 50.3. The van der Waals surface area contributed by atoms with E-state index in [-0.39, 0.29) is 24.9 Å². The molecular weight excluding hydrogens is 659 g/mol. The zero-order valence-corrected chi connectivity index (χ0v) is 34.4. The topological polar surface area (TPSA) is 95.9 Å². The van der Waals surface area contributed by atoms with Gasteiger partial charge in [-0.2, -0.15) is 0 Å². The quantitative estimate of drug-likeness (QED) is 0.0335. The second kappa shape index (κ2) is 40.5. The number of rotatable bonds is 37. The molecule has 53 heavy (non-hydrogen) atoms. The second-order valence-corrected chi connectivity index (χ2v) is 14.4. The van der Waals surface area contributed by atoms with Crippen LogP contribution in [-0.4, -0.2) is 46.9 Å². The Balaban J connectivity index is 4.81. The Morgan fingerprint density at radius 3 is 1.66 bits per heavy atom. The molecule has 0 aliphatic heterocycles. The summed E-state index contributed by atoms with van der Waals surface area (Å²) in [6.45, 7) is 6.23. The summed E-state index contributed by atoms with van der Waals surface area (Å²) in [4.78, 5) is 25.8. The molecule has 0 rings (SSSR count). The smallest absolute Gasteiger partial charge is 0.306 e. The van der Waals surface area contributed by atoms with Crippen LogP contribution in [0.5, 0.6) is 0 Å². The average Bonchev–Trinajstić information content (AvgIpc) is 3.15. The van der Waals surface area contributed by atoms with Gasteiger partial charge in [0, 0.05) is 12.8 Å². The third-order valence-corrected chi connectivity index (χ3v) is 9.25. The summed E-state index contributed by atoms with van der Waals surface area (Å²) >= 11 is 0. The van der Waals surface area contributed by atoms with Crippen molar-refractivity contribution in [2.24, 2.45) is 0 Å². The summed E-state index contributed by atoms with van der Waals surface area (Å²) in [6, 6.07) is -0.733. The third-order valence-electron chi connectivity index (χ3n) is 9.25. The molecule has 0 heterocycles. The summed E-state index contributed by atoms with van der Waals surface area (Å²) < 4.78 is 5.81. The fourth-order valence-corrected chi connectivity index (χ4v) is 5.98. The van der Waals surface area contributed by atoms with Crippen molar-refractivity contribution in [3.63, 3.8) is 0 Å². The highest BCUT2D eigenvalue weighted by Crippen LogP contribution is 2.15. The zero-order valence-electron chi connectivity index (χ0n) is 34.4. The standard InChI is InChI=1S/C47H81NO5/c1-4-7-10-13-16-19-21-22-23-24-25-27-29-32-35-38-43(53-47(52)40-37-34-31-28-20-17-14-11-8-5-2)41-46(51)48-44(42-49)45(50)39-36-33-30-26-18-15-12-9-6-3/h7,10-11,14,16,19,22-23,25,27,32,35,43-45,49-50H,4-6,8-9,12-13,15,17-18,20-21,24,26,28-31,33-34,36-42H2,1-3H3,(H,48,51)/b10-7-,14-11-,19-16-,23-22-,27-25-,35-32-. The predicted octanol–water partition coefficient (Wildman–Crippen LogP) is 12.3. The van der Waals surface area contributed by atoms with Gasteiger partial charge in [-0.25, -0.2) is 0 Å². The van der Waals surface area contributed by atoms with Crippen LogP contribution in [0, 0.1) is 0 Å². The van der Waals surface area contributed by atoms with Crippen molar-refractivity contribution in [1.29, 1.82) is 0 Å². The van der Waals surface area contributed by atoms with Gasteiger partial charge in [-0.05, 0) is 64.2 Å². The minimum absolute atomic E-state index is 0.00709. The number of aliphatic hydroxyl groups excluding tert-OH is 2. The Kier molecular flexibility index (Phi) is 38.4. The largest absolute Gasteiger partial charge is 0.461 e. The number of unbranched alkanes of at least 4 members (excludes halogenated alkanes) is 14. The van der Waals surface area contributed by atoms with Crippen LogP contribution in [0.2, 0.25) is 0 Å². The molecule has 1 amide bonds. The lowest BCUT2D eigenvalue weighted by molar-refractivity contribution is -0.150. The molecule has 0 aromatic rings. The van der Waals surface area contributed by atoms with E-state index in [9.17, 15) is 19.8 Å². The second-order valence-electron chi connectivity index (χ2n) is 14.4. The van der Waals surface area contributed by atoms with Crippen LogP contribution in [0.3, 0.4) is 0 Å². The molecule has 0 fully saturated rings. The van der Waals surface area contributed by atoms with Gasteiger partial charge in [-0.15, -0.1) is 0 Å². The van der Waals surface area contributed by atoms with E-state index in [0.717, 1.165) is 89.9 Å². The van der Waals surface area contributed by atoms with Crippen LogP contribution < -0.4 is 5.32 Å². The van der Waals surface area contributed by atoms with Crippen LogP contribution in [0.4, 0.5) is 0 Å². The van der Waals surface area contributed by atoms with Gasteiger partial charge in [0.25, 0.3) is 0 Å². The summed E-state index contributed by atoms with van der Waals surface area (Å²) in [6.07, 6.45) is 49.8. The number of carbonyl (C=O) groups is 2. The lowest BCUT2D eigenvalue weighted by Gasteiger charge is -2.24. The van der Waals surface area contributed by atoms with Crippen molar-refractivity contribution < 1.29 is 24.5 Å². The fourth-order valence-electron chi connectivity index (χ4n) is 5.98. The fraction of sp³-hybridized carbons (Fsp3) is 0.702.